The molecule has 2 N–H and O–H groups in total. The van der Waals surface area contributed by atoms with Gasteiger partial charge in [-0.25, -0.2) is 9.59 Å². The van der Waals surface area contributed by atoms with E-state index in [1.165, 1.54) is 12.1 Å². The maximum atomic E-state index is 13.3. The van der Waals surface area contributed by atoms with Crippen molar-refractivity contribution in [2.75, 3.05) is 23.8 Å². The highest BCUT2D eigenvalue weighted by Crippen LogP contribution is 2.39. The van der Waals surface area contributed by atoms with E-state index >= 15 is 0 Å². The number of benzene rings is 3. The summed E-state index contributed by atoms with van der Waals surface area (Å²) >= 11 is 0. The Bertz CT molecular complexity index is 1670. The maximum absolute atomic E-state index is 13.3. The van der Waals surface area contributed by atoms with Gasteiger partial charge in [-0.15, -0.1) is 0 Å². The summed E-state index contributed by atoms with van der Waals surface area (Å²) in [5.41, 5.74) is 1.10. The van der Waals surface area contributed by atoms with Crippen molar-refractivity contribution in [3.05, 3.63) is 95.1 Å². The largest absolute Gasteiger partial charge is 0.462 e. The van der Waals surface area contributed by atoms with E-state index in [9.17, 15) is 19.2 Å². The number of fused-ring (bicyclic) bond motifs is 2. The number of hydrogen-bond donors (Lipinski definition) is 2. The summed E-state index contributed by atoms with van der Waals surface area (Å²) in [4.78, 5) is 52.6. The standard InChI is InChI=1S/C34H32N2O8/c1-3-5-17-41-33(39)27-23-19-26-24(20-25(23)43-31(27)35-29(37)21-13-9-7-10-14-21)28(34(40)42-18-6-4-2)32(44-26)36-30(38)22-15-11-8-12-16-22/h7-16,19-20H,3-6,17-18H2,1-2H3,(H,35,37)(H,36,38). The van der Waals surface area contributed by atoms with E-state index in [-0.39, 0.29) is 47.3 Å². The van der Waals surface area contributed by atoms with Crippen LogP contribution < -0.4 is 10.6 Å². The van der Waals surface area contributed by atoms with Crippen LogP contribution in [0.15, 0.2) is 81.6 Å². The van der Waals surface area contributed by atoms with Crippen molar-refractivity contribution in [2.24, 2.45) is 0 Å². The number of esters is 2. The highest BCUT2D eigenvalue weighted by Gasteiger charge is 2.29. The summed E-state index contributed by atoms with van der Waals surface area (Å²) in [6.45, 7) is 4.31. The Labute approximate surface area is 253 Å². The van der Waals surface area contributed by atoms with Crippen molar-refractivity contribution in [1.82, 2.24) is 0 Å². The Morgan fingerprint density at radius 3 is 1.36 bits per heavy atom. The molecule has 0 saturated heterocycles. The van der Waals surface area contributed by atoms with Crippen molar-refractivity contribution in [2.45, 2.75) is 39.5 Å². The first-order chi connectivity index (χ1) is 21.4. The second-order valence-electron chi connectivity index (χ2n) is 10.1. The van der Waals surface area contributed by atoms with Gasteiger partial charge in [0.1, 0.15) is 22.3 Å². The fourth-order valence-electron chi connectivity index (χ4n) is 4.56. The molecule has 226 valence electrons. The van der Waals surface area contributed by atoms with Gasteiger partial charge in [-0.1, -0.05) is 63.1 Å². The molecule has 5 rings (SSSR count). The van der Waals surface area contributed by atoms with Gasteiger partial charge < -0.3 is 18.3 Å². The summed E-state index contributed by atoms with van der Waals surface area (Å²) in [7, 11) is 0. The van der Waals surface area contributed by atoms with Gasteiger partial charge in [-0.05, 0) is 49.2 Å². The zero-order chi connectivity index (χ0) is 31.1. The van der Waals surface area contributed by atoms with Crippen LogP contribution in [0.1, 0.15) is 81.0 Å². The predicted octanol–water partition coefficient (Wildman–Crippen LogP) is 7.60. The number of furan rings is 2. The number of ether oxygens (including phenoxy) is 2. The molecule has 2 aromatic heterocycles. The van der Waals surface area contributed by atoms with Crippen molar-refractivity contribution in [3.8, 4) is 0 Å². The molecule has 0 fully saturated rings. The lowest BCUT2D eigenvalue weighted by Gasteiger charge is -2.06. The minimum atomic E-state index is -0.691. The zero-order valence-electron chi connectivity index (χ0n) is 24.4. The average molecular weight is 597 g/mol. The topological polar surface area (TPSA) is 137 Å². The number of carbonyl (C=O) groups excluding carboxylic acids is 4. The molecule has 2 heterocycles. The lowest BCUT2D eigenvalue weighted by atomic mass is 10.1. The minimum Gasteiger partial charge on any atom is -0.462 e. The van der Waals surface area contributed by atoms with Gasteiger partial charge in [0.2, 0.25) is 11.8 Å². The normalized spacial score (nSPS) is 11.0. The van der Waals surface area contributed by atoms with Gasteiger partial charge in [0.15, 0.2) is 0 Å². The molecule has 5 aromatic rings. The smallest absolute Gasteiger partial charge is 0.344 e. The molecule has 0 aliphatic carbocycles. The van der Waals surface area contributed by atoms with Gasteiger partial charge in [-0.3, -0.25) is 20.2 Å². The zero-order valence-corrected chi connectivity index (χ0v) is 24.4. The summed E-state index contributed by atoms with van der Waals surface area (Å²) in [5, 5.41) is 5.94. The highest BCUT2D eigenvalue weighted by atomic mass is 16.5. The van der Waals surface area contributed by atoms with Gasteiger partial charge in [0, 0.05) is 21.9 Å². The van der Waals surface area contributed by atoms with Crippen LogP contribution in [0.4, 0.5) is 11.8 Å². The fourth-order valence-corrected chi connectivity index (χ4v) is 4.56. The second kappa shape index (κ2) is 13.7. The quantitative estimate of drug-likeness (QED) is 0.111. The van der Waals surface area contributed by atoms with E-state index < -0.39 is 23.8 Å². The van der Waals surface area contributed by atoms with E-state index in [2.05, 4.69) is 10.6 Å². The van der Waals surface area contributed by atoms with Gasteiger partial charge in [0.25, 0.3) is 11.8 Å². The molecule has 0 unspecified atom stereocenters. The number of carbonyl (C=O) groups is 4. The third-order valence-electron chi connectivity index (χ3n) is 6.90. The van der Waals surface area contributed by atoms with E-state index in [1.54, 1.807) is 60.7 Å². The Morgan fingerprint density at radius 1 is 0.614 bits per heavy atom. The molecular weight excluding hydrogens is 564 g/mol. The Hall–Kier alpha value is -5.38. The molecule has 3 aromatic carbocycles. The molecule has 0 aliphatic rings. The van der Waals surface area contributed by atoms with Crippen LogP contribution in [0.5, 0.6) is 0 Å². The average Bonchev–Trinajstić information content (AvgIpc) is 3.56. The highest BCUT2D eigenvalue weighted by molar-refractivity contribution is 6.18. The number of amides is 2. The molecule has 0 spiro atoms. The predicted molar refractivity (Wildman–Crippen MR) is 165 cm³/mol. The molecule has 0 radical (unpaired) electrons. The Balaban J connectivity index is 1.61. The molecule has 10 nitrogen and oxygen atoms in total. The SMILES string of the molecule is CCCCOC(=O)c1c(NC(=O)c2ccccc2)oc2cc3c(C(=O)OCCCC)c(NC(=O)c4ccccc4)oc3cc12. The summed E-state index contributed by atoms with van der Waals surface area (Å²) in [5.74, 6) is -2.56. The molecule has 2 amide bonds. The van der Waals surface area contributed by atoms with Crippen molar-refractivity contribution >= 4 is 57.5 Å². The number of unbranched alkanes of at least 4 members (excludes halogenated alkanes) is 2. The van der Waals surface area contributed by atoms with Gasteiger partial charge in [0.05, 0.1) is 13.2 Å². The van der Waals surface area contributed by atoms with E-state index in [1.807, 2.05) is 13.8 Å². The van der Waals surface area contributed by atoms with Crippen molar-refractivity contribution in [1.29, 1.82) is 0 Å². The van der Waals surface area contributed by atoms with Crippen LogP contribution in [-0.4, -0.2) is 37.0 Å². The summed E-state index contributed by atoms with van der Waals surface area (Å²) in [6, 6.07) is 20.0. The number of rotatable bonds is 12. The van der Waals surface area contributed by atoms with E-state index in [0.29, 0.717) is 34.7 Å². The van der Waals surface area contributed by atoms with Crippen LogP contribution in [0, 0.1) is 0 Å². The summed E-state index contributed by atoms with van der Waals surface area (Å²) < 4.78 is 23.0. The minimum absolute atomic E-state index is 0.000581. The monoisotopic (exact) mass is 596 g/mol. The van der Waals surface area contributed by atoms with Crippen LogP contribution >= 0.6 is 0 Å². The second-order valence-corrected chi connectivity index (χ2v) is 10.1. The lowest BCUT2D eigenvalue weighted by Crippen LogP contribution is -2.15. The molecule has 0 atom stereocenters. The first-order valence-corrected chi connectivity index (χ1v) is 14.5. The molecule has 10 heteroatoms. The molecule has 0 bridgehead atoms. The van der Waals surface area contributed by atoms with E-state index in [4.69, 9.17) is 18.3 Å². The third-order valence-corrected chi connectivity index (χ3v) is 6.90. The van der Waals surface area contributed by atoms with Gasteiger partial charge in [-0.2, -0.15) is 0 Å². The third kappa shape index (κ3) is 6.49. The van der Waals surface area contributed by atoms with Crippen LogP contribution in [0.3, 0.4) is 0 Å². The van der Waals surface area contributed by atoms with Crippen LogP contribution in [-0.2, 0) is 9.47 Å². The van der Waals surface area contributed by atoms with Crippen molar-refractivity contribution < 1.29 is 37.5 Å². The number of nitrogens with one attached hydrogen (secondary N) is 2. The molecule has 0 aliphatic heterocycles. The molecule has 0 saturated carbocycles. The lowest BCUT2D eigenvalue weighted by molar-refractivity contribution is 0.0492. The first kappa shape index (κ1) is 30.1. The molecular formula is C34H32N2O8. The summed E-state index contributed by atoms with van der Waals surface area (Å²) in [6.07, 6.45) is 2.95. The van der Waals surface area contributed by atoms with Gasteiger partial charge >= 0.3 is 11.9 Å². The number of anilines is 2. The first-order valence-electron chi connectivity index (χ1n) is 14.5. The maximum Gasteiger partial charge on any atom is 0.344 e. The van der Waals surface area contributed by atoms with Crippen molar-refractivity contribution in [3.63, 3.8) is 0 Å². The van der Waals surface area contributed by atoms with E-state index in [0.717, 1.165) is 12.8 Å². The Morgan fingerprint density at radius 2 is 1.00 bits per heavy atom. The van der Waals surface area contributed by atoms with Crippen LogP contribution in [0.25, 0.3) is 21.9 Å². The number of hydrogen-bond acceptors (Lipinski definition) is 8. The van der Waals surface area contributed by atoms with Crippen LogP contribution in [0.2, 0.25) is 0 Å². The Kier molecular flexibility index (Phi) is 9.39. The fraction of sp³-hybridized carbons (Fsp3) is 0.235. The molecule has 44 heavy (non-hydrogen) atoms.